The molecular formula is C28H32O2Zr. The molecule has 0 radical (unpaired) electrons. The van der Waals surface area contributed by atoms with Crippen molar-refractivity contribution in [3.05, 3.63) is 106 Å². The number of benzene rings is 2. The van der Waals surface area contributed by atoms with Crippen LogP contribution in [0, 0.1) is 41.5 Å². The van der Waals surface area contributed by atoms with E-state index in [0.717, 1.165) is 11.5 Å². The molecule has 2 aromatic carbocycles. The number of hydrogen-bond donors (Lipinski definition) is 0. The molecule has 0 amide bonds. The zero-order valence-corrected chi connectivity index (χ0v) is 21.9. The van der Waals surface area contributed by atoms with Crippen molar-refractivity contribution in [2.75, 3.05) is 0 Å². The number of hydrogen-bond acceptors (Lipinski definition) is 2. The van der Waals surface area contributed by atoms with E-state index < -0.39 is 21.1 Å². The molecule has 2 aliphatic carbocycles. The van der Waals surface area contributed by atoms with Crippen LogP contribution in [0.1, 0.15) is 33.4 Å². The Balaban J connectivity index is 1.87. The van der Waals surface area contributed by atoms with Crippen LogP contribution in [0.5, 0.6) is 11.5 Å². The summed E-state index contributed by atoms with van der Waals surface area (Å²) in [4.78, 5) is 0. The fourth-order valence-electron chi connectivity index (χ4n) is 4.34. The zero-order valence-electron chi connectivity index (χ0n) is 19.4. The summed E-state index contributed by atoms with van der Waals surface area (Å²) < 4.78 is 14.7. The molecule has 0 unspecified atom stereocenters. The third kappa shape index (κ3) is 4.05. The van der Waals surface area contributed by atoms with Crippen LogP contribution in [0.25, 0.3) is 0 Å². The van der Waals surface area contributed by atoms with Gasteiger partial charge in [-0.15, -0.1) is 0 Å². The number of rotatable bonds is 6. The van der Waals surface area contributed by atoms with Gasteiger partial charge in [0.15, 0.2) is 0 Å². The van der Waals surface area contributed by atoms with Crippen LogP contribution in [0.4, 0.5) is 0 Å². The molecule has 31 heavy (non-hydrogen) atoms. The van der Waals surface area contributed by atoms with Crippen LogP contribution in [0.15, 0.2) is 72.9 Å². The minimum atomic E-state index is -3.91. The van der Waals surface area contributed by atoms with Crippen molar-refractivity contribution in [1.82, 2.24) is 0 Å². The molecule has 0 heterocycles. The molecule has 0 bridgehead atoms. The Bertz CT molecular complexity index is 1010. The van der Waals surface area contributed by atoms with E-state index in [2.05, 4.69) is 114 Å². The van der Waals surface area contributed by atoms with E-state index in [1.54, 1.807) is 0 Å². The van der Waals surface area contributed by atoms with Crippen LogP contribution in [0.2, 0.25) is 7.25 Å². The van der Waals surface area contributed by atoms with Crippen LogP contribution in [0.3, 0.4) is 0 Å². The van der Waals surface area contributed by atoms with Crippen molar-refractivity contribution in [2.45, 2.75) is 48.8 Å². The number of aryl methyl sites for hydroxylation is 2. The first-order valence-corrected chi connectivity index (χ1v) is 15.9. The zero-order chi connectivity index (χ0) is 22.2. The van der Waals surface area contributed by atoms with E-state index in [-0.39, 0.29) is 7.25 Å². The molecule has 0 saturated carbocycles. The summed E-state index contributed by atoms with van der Waals surface area (Å²) in [5.41, 5.74) is 7.57. The summed E-state index contributed by atoms with van der Waals surface area (Å²) in [6, 6.07) is 8.59. The van der Waals surface area contributed by atoms with Gasteiger partial charge in [-0.1, -0.05) is 0 Å². The summed E-state index contributed by atoms with van der Waals surface area (Å²) in [5.74, 6) is 1.92. The Kier molecular flexibility index (Phi) is 6.26. The molecule has 2 aliphatic rings. The Labute approximate surface area is 192 Å². The van der Waals surface area contributed by atoms with Crippen LogP contribution in [-0.4, -0.2) is 0 Å². The average molecular weight is 492 g/mol. The molecule has 0 spiro atoms. The quantitative estimate of drug-likeness (QED) is 0.410. The molecule has 2 aromatic rings. The van der Waals surface area contributed by atoms with Crippen molar-refractivity contribution < 1.29 is 26.8 Å². The Hall–Kier alpha value is -2.12. The molecule has 3 heteroatoms. The summed E-state index contributed by atoms with van der Waals surface area (Å²) in [5, 5.41) is 0. The standard InChI is InChI=1S/2C9H12O.2C5H5.Zr/c2*1-6-4-5-9(10)8(3)7(6)2;2*1-2-4-5-3-1;/h2*4-5,10H,1-3H3;2*1-5H;/q;;;;+2/p-2. The summed E-state index contributed by atoms with van der Waals surface area (Å²) in [6.45, 7) is 13.0. The molecule has 2 nitrogen and oxygen atoms in total. The second-order valence-corrected chi connectivity index (χ2v) is 16.6. The average Bonchev–Trinajstić information content (AvgIpc) is 3.48. The van der Waals surface area contributed by atoms with Crippen LogP contribution in [-0.2, 0) is 21.1 Å². The summed E-state index contributed by atoms with van der Waals surface area (Å²) in [6.07, 6.45) is 17.6. The van der Waals surface area contributed by atoms with Gasteiger partial charge in [-0.3, -0.25) is 0 Å². The molecule has 0 N–H and O–H groups in total. The van der Waals surface area contributed by atoms with E-state index in [0.29, 0.717) is 0 Å². The van der Waals surface area contributed by atoms with Gasteiger partial charge < -0.3 is 0 Å². The van der Waals surface area contributed by atoms with Gasteiger partial charge in [0.25, 0.3) is 0 Å². The fourth-order valence-corrected chi connectivity index (χ4v) is 13.4. The third-order valence-corrected chi connectivity index (χ3v) is 16.1. The monoisotopic (exact) mass is 490 g/mol. The van der Waals surface area contributed by atoms with E-state index in [1.807, 2.05) is 0 Å². The number of allylic oxidation sites excluding steroid dienone is 8. The van der Waals surface area contributed by atoms with Gasteiger partial charge in [0.05, 0.1) is 0 Å². The second-order valence-electron chi connectivity index (χ2n) is 8.78. The minimum absolute atomic E-state index is 0.189. The molecule has 0 saturated heterocycles. The maximum atomic E-state index is 7.15. The van der Waals surface area contributed by atoms with Gasteiger partial charge >= 0.3 is 193 Å². The predicted octanol–water partition coefficient (Wildman–Crippen LogP) is 7.81. The first-order chi connectivity index (χ1) is 14.8. The van der Waals surface area contributed by atoms with Gasteiger partial charge in [0, 0.05) is 0 Å². The first-order valence-electron chi connectivity index (χ1n) is 11.0. The maximum absolute atomic E-state index is 7.15. The topological polar surface area (TPSA) is 18.5 Å². The van der Waals surface area contributed by atoms with Gasteiger partial charge in [-0.05, 0) is 0 Å². The Morgan fingerprint density at radius 1 is 0.516 bits per heavy atom. The summed E-state index contributed by atoms with van der Waals surface area (Å²) >= 11 is -3.91. The SMILES string of the molecule is Cc1ccc([O][Zr]([O]c2ccc(C)c(C)c2C)([CH]2C=CC=C2)[CH]2C=CC=C2)c(C)c1C. The first kappa shape index (κ1) is 22.1. The van der Waals surface area contributed by atoms with Gasteiger partial charge in [0.1, 0.15) is 0 Å². The van der Waals surface area contributed by atoms with Crippen molar-refractivity contribution in [3.63, 3.8) is 0 Å². The van der Waals surface area contributed by atoms with Crippen molar-refractivity contribution in [1.29, 1.82) is 0 Å². The predicted molar refractivity (Wildman–Crippen MR) is 127 cm³/mol. The van der Waals surface area contributed by atoms with E-state index in [9.17, 15) is 0 Å². The van der Waals surface area contributed by atoms with Crippen molar-refractivity contribution in [2.24, 2.45) is 0 Å². The molecule has 160 valence electrons. The Morgan fingerprint density at radius 3 is 1.23 bits per heavy atom. The van der Waals surface area contributed by atoms with Gasteiger partial charge in [0.2, 0.25) is 0 Å². The van der Waals surface area contributed by atoms with Crippen molar-refractivity contribution in [3.8, 4) is 11.5 Å². The van der Waals surface area contributed by atoms with E-state index >= 15 is 0 Å². The van der Waals surface area contributed by atoms with Crippen LogP contribution < -0.4 is 5.63 Å². The fraction of sp³-hybridized carbons (Fsp3) is 0.286. The van der Waals surface area contributed by atoms with Crippen LogP contribution >= 0.6 is 0 Å². The van der Waals surface area contributed by atoms with E-state index in [1.165, 1.54) is 33.4 Å². The van der Waals surface area contributed by atoms with Gasteiger partial charge in [-0.25, -0.2) is 0 Å². The summed E-state index contributed by atoms with van der Waals surface area (Å²) in [7, 11) is 0. The molecule has 0 aliphatic heterocycles. The second kappa shape index (κ2) is 8.79. The van der Waals surface area contributed by atoms with Crippen molar-refractivity contribution >= 4 is 0 Å². The molecule has 0 atom stereocenters. The molecule has 4 rings (SSSR count). The molecule has 0 fully saturated rings. The molecule has 0 aromatic heterocycles. The van der Waals surface area contributed by atoms with Gasteiger partial charge in [-0.2, -0.15) is 0 Å². The Morgan fingerprint density at radius 2 is 0.871 bits per heavy atom. The van der Waals surface area contributed by atoms with E-state index in [4.69, 9.17) is 5.63 Å². The normalized spacial score (nSPS) is 15.9. The third-order valence-electron chi connectivity index (χ3n) is 6.98. The molecular weight excluding hydrogens is 460 g/mol.